The smallest absolute Gasteiger partial charge is 0.302 e. The van der Waals surface area contributed by atoms with E-state index in [1.54, 1.807) is 14.2 Å². The molecule has 0 saturated heterocycles. The quantitative estimate of drug-likeness (QED) is 0.264. The largest absolute Gasteiger partial charge is 0.469 e. The van der Waals surface area contributed by atoms with Crippen molar-refractivity contribution in [1.82, 2.24) is 10.2 Å². The van der Waals surface area contributed by atoms with E-state index in [0.29, 0.717) is 23.7 Å². The van der Waals surface area contributed by atoms with Crippen LogP contribution in [0.15, 0.2) is 4.99 Å². The van der Waals surface area contributed by atoms with Crippen LogP contribution in [0, 0.1) is 16.2 Å². The number of Topliss-reactive ketones (excluding diaryl/α,β-unsaturated/α-hetero) is 1. The molecule has 0 heterocycles. The van der Waals surface area contributed by atoms with Crippen LogP contribution in [0.1, 0.15) is 124 Å². The monoisotopic (exact) mass is 592 g/mol. The number of hydrogen-bond donors (Lipinski definition) is 1. The predicted molar refractivity (Wildman–Crippen MR) is 180 cm³/mol. The third-order valence-corrected chi connectivity index (χ3v) is 5.86. The molecule has 1 amide bonds. The number of esters is 1. The molecule has 1 unspecified atom stereocenters. The minimum atomic E-state index is -0.245. The number of hydrogen-bond acceptors (Lipinski definition) is 7. The first kappa shape index (κ1) is 51.9. The number of methoxy groups -OCH3 is 2. The van der Waals surface area contributed by atoms with Crippen LogP contribution >= 0.6 is 0 Å². The van der Waals surface area contributed by atoms with Gasteiger partial charge in [0.15, 0.2) is 0 Å². The van der Waals surface area contributed by atoms with Crippen molar-refractivity contribution in [2.45, 2.75) is 136 Å². The van der Waals surface area contributed by atoms with Crippen LogP contribution in [-0.2, 0) is 23.9 Å². The van der Waals surface area contributed by atoms with Gasteiger partial charge in [0.25, 0.3) is 0 Å². The number of nitrogens with zero attached hydrogens (tertiary/aromatic N) is 2. The second-order valence-electron chi connectivity index (χ2n) is 13.9. The molecule has 0 aliphatic heterocycles. The number of carbonyl (C=O) groups is 3. The number of ketones is 1. The van der Waals surface area contributed by atoms with Gasteiger partial charge in [0.05, 0.1) is 12.7 Å². The van der Waals surface area contributed by atoms with E-state index in [4.69, 9.17) is 4.74 Å². The van der Waals surface area contributed by atoms with Crippen molar-refractivity contribution in [3.8, 4) is 0 Å². The van der Waals surface area contributed by atoms with Gasteiger partial charge in [-0.15, -0.1) is 0 Å². The first-order valence-corrected chi connectivity index (χ1v) is 14.3. The summed E-state index contributed by atoms with van der Waals surface area (Å²) in [5, 5.41) is 2.39. The summed E-state index contributed by atoms with van der Waals surface area (Å²) in [6.07, 6.45) is 0.656. The fraction of sp³-hybridized carbons (Fsp3) is 0.879. The standard InChI is InChI=1S/C8H19N.C7H15N.C7H14O.C5H12O.C3H7NO.C3H6O2/c1-7(9(5)6)8(2,3)4;1-6(8-5)7(2,3)4;1-5-6(8)7(2,3)4;1-5(2,3)6-4;1-3(5)4-2;1-3(4)5-2/h7H,1-6H3;1-5H3;5H2,1-4H3;1-4H3;1-2H3,(H,4,5);1-2H3. The number of nitrogens with one attached hydrogen (secondary N) is 1. The van der Waals surface area contributed by atoms with Crippen molar-refractivity contribution in [1.29, 1.82) is 0 Å². The zero-order valence-corrected chi connectivity index (χ0v) is 31.7. The average molecular weight is 592 g/mol. The molecular weight excluding hydrogens is 518 g/mol. The summed E-state index contributed by atoms with van der Waals surface area (Å²) < 4.78 is 9.05. The lowest BCUT2D eigenvalue weighted by Gasteiger charge is -2.32. The molecule has 0 bridgehead atoms. The van der Waals surface area contributed by atoms with E-state index < -0.39 is 0 Å². The molecule has 0 fully saturated rings. The second-order valence-corrected chi connectivity index (χ2v) is 13.9. The van der Waals surface area contributed by atoms with Gasteiger partial charge in [-0.3, -0.25) is 19.4 Å². The molecule has 41 heavy (non-hydrogen) atoms. The van der Waals surface area contributed by atoms with E-state index in [2.05, 4.69) is 89.4 Å². The van der Waals surface area contributed by atoms with Crippen molar-refractivity contribution < 1.29 is 23.9 Å². The van der Waals surface area contributed by atoms with E-state index >= 15 is 0 Å². The fourth-order valence-electron chi connectivity index (χ4n) is 1.64. The number of rotatable bonds is 2. The Labute approximate surface area is 256 Å². The lowest BCUT2D eigenvalue weighted by atomic mass is 9.87. The van der Waals surface area contributed by atoms with Crippen LogP contribution in [-0.4, -0.2) is 82.3 Å². The normalized spacial score (nSPS) is 12.0. The maximum atomic E-state index is 10.8. The van der Waals surface area contributed by atoms with Crippen LogP contribution in [0.2, 0.25) is 0 Å². The van der Waals surface area contributed by atoms with E-state index in [-0.39, 0.29) is 28.3 Å². The molecule has 0 rings (SSSR count). The molecule has 0 aromatic rings. The maximum absolute atomic E-state index is 10.8. The third-order valence-electron chi connectivity index (χ3n) is 5.86. The molecule has 0 aromatic carbocycles. The van der Waals surface area contributed by atoms with Gasteiger partial charge in [0.1, 0.15) is 5.78 Å². The van der Waals surface area contributed by atoms with Gasteiger partial charge in [0.2, 0.25) is 5.91 Å². The lowest BCUT2D eigenvalue weighted by Crippen LogP contribution is -2.36. The van der Waals surface area contributed by atoms with E-state index in [1.807, 2.05) is 55.5 Å². The molecule has 8 nitrogen and oxygen atoms in total. The van der Waals surface area contributed by atoms with Gasteiger partial charge < -0.3 is 19.7 Å². The van der Waals surface area contributed by atoms with Crippen molar-refractivity contribution in [2.24, 2.45) is 21.2 Å². The van der Waals surface area contributed by atoms with Gasteiger partial charge in [-0.25, -0.2) is 0 Å². The van der Waals surface area contributed by atoms with Crippen molar-refractivity contribution in [2.75, 3.05) is 42.4 Å². The maximum Gasteiger partial charge on any atom is 0.302 e. The Morgan fingerprint density at radius 2 is 1.10 bits per heavy atom. The van der Waals surface area contributed by atoms with Gasteiger partial charge in [-0.1, -0.05) is 69.2 Å². The summed E-state index contributed by atoms with van der Waals surface area (Å²) in [6.45, 7) is 34.2. The van der Waals surface area contributed by atoms with Crippen LogP contribution in [0.4, 0.5) is 0 Å². The second kappa shape index (κ2) is 25.9. The highest BCUT2D eigenvalue weighted by Gasteiger charge is 2.21. The Kier molecular flexibility index (Phi) is 32.8. The first-order chi connectivity index (χ1) is 17.9. The summed E-state index contributed by atoms with van der Waals surface area (Å²) >= 11 is 0. The Balaban J connectivity index is -0.0000000909. The van der Waals surface area contributed by atoms with Gasteiger partial charge in [-0.2, -0.15) is 0 Å². The lowest BCUT2D eigenvalue weighted by molar-refractivity contribution is -0.138. The molecule has 0 aromatic heterocycles. The zero-order valence-electron chi connectivity index (χ0n) is 31.7. The minimum absolute atomic E-state index is 0.00463. The molecule has 1 N–H and O–H groups in total. The molecular formula is C33H73N3O5. The molecule has 1 atom stereocenters. The van der Waals surface area contributed by atoms with Crippen LogP contribution < -0.4 is 5.32 Å². The van der Waals surface area contributed by atoms with Gasteiger partial charge >= 0.3 is 5.97 Å². The first-order valence-electron chi connectivity index (χ1n) is 14.3. The Morgan fingerprint density at radius 1 is 0.805 bits per heavy atom. The Bertz CT molecular complexity index is 674. The van der Waals surface area contributed by atoms with Crippen LogP contribution in [0.25, 0.3) is 0 Å². The molecule has 0 saturated carbocycles. The molecule has 0 aliphatic carbocycles. The molecule has 250 valence electrons. The average Bonchev–Trinajstić information content (AvgIpc) is 2.81. The summed E-state index contributed by atoms with van der Waals surface area (Å²) in [6, 6.07) is 0.650. The third kappa shape index (κ3) is 51.4. The van der Waals surface area contributed by atoms with E-state index in [9.17, 15) is 14.4 Å². The highest BCUT2D eigenvalue weighted by Crippen LogP contribution is 2.21. The fourth-order valence-corrected chi connectivity index (χ4v) is 1.64. The summed E-state index contributed by atoms with van der Waals surface area (Å²) in [5.41, 5.74) is 1.78. The Morgan fingerprint density at radius 3 is 1.10 bits per heavy atom. The molecule has 0 aliphatic rings. The van der Waals surface area contributed by atoms with Crippen molar-refractivity contribution >= 4 is 23.4 Å². The minimum Gasteiger partial charge on any atom is -0.469 e. The number of aliphatic imine (C=N–C) groups is 1. The molecule has 0 radical (unpaired) electrons. The van der Waals surface area contributed by atoms with Crippen LogP contribution in [0.5, 0.6) is 0 Å². The topological polar surface area (TPSA) is 97.3 Å². The summed E-state index contributed by atoms with van der Waals surface area (Å²) in [7, 11) is 10.7. The van der Waals surface area contributed by atoms with E-state index in [0.717, 1.165) is 0 Å². The molecule has 8 heteroatoms. The zero-order chi connectivity index (χ0) is 35.0. The highest BCUT2D eigenvalue weighted by atomic mass is 16.5. The number of amides is 1. The van der Waals surface area contributed by atoms with Crippen molar-refractivity contribution in [3.05, 3.63) is 0 Å². The predicted octanol–water partition coefficient (Wildman–Crippen LogP) is 7.48. The highest BCUT2D eigenvalue weighted by molar-refractivity contribution is 5.86. The Hall–Kier alpha value is -1.80. The van der Waals surface area contributed by atoms with Gasteiger partial charge in [0, 0.05) is 58.6 Å². The van der Waals surface area contributed by atoms with Gasteiger partial charge in [-0.05, 0) is 59.5 Å². The number of ether oxygens (including phenoxy) is 2. The van der Waals surface area contributed by atoms with Crippen LogP contribution in [0.3, 0.4) is 0 Å². The number of carbonyl (C=O) groups excluding carboxylic acids is 3. The van der Waals surface area contributed by atoms with Crippen molar-refractivity contribution in [3.63, 3.8) is 0 Å². The molecule has 0 spiro atoms. The van der Waals surface area contributed by atoms with E-state index in [1.165, 1.54) is 26.7 Å². The summed E-state index contributed by atoms with van der Waals surface area (Å²) in [4.78, 5) is 36.5. The summed E-state index contributed by atoms with van der Waals surface area (Å²) in [5.74, 6) is 0.0903. The SMILES string of the molecule is CC(N(C)C)C(C)(C)C.CCC(=O)C(C)(C)C.CN=C(C)C(C)(C)C.CNC(C)=O.COC(C)(C)C.COC(C)=O.